The Labute approximate surface area is 760 Å². The Hall–Kier alpha value is -13.2. The standard InChI is InChI=1S/3C39H36N3.Ir/c3*1-38(2,3)27-16-22-34-31(24-27)32-25-28(39(4,5)6)17-23-35(32)41(34)29-18-20-30(21-19-29)42-36-15-11-10-14-33(36)40-37(42)26-12-8-7-9-13-26;/h3*7-12,14-25H,1-6H3;/q3*-1;+3. The molecule has 0 unspecified atom stereocenters. The number of aromatic nitrogens is 9. The second-order valence-electron chi connectivity index (χ2n) is 40.1. The summed E-state index contributed by atoms with van der Waals surface area (Å²) < 4.78 is 13.9. The topological polar surface area (TPSA) is 68.2 Å². The maximum atomic E-state index is 5.00. The largest absolute Gasteiger partial charge is 3.00 e. The third kappa shape index (κ3) is 15.8. The molecule has 0 radical (unpaired) electrons. The molecule has 0 amide bonds. The van der Waals surface area contributed by atoms with Crippen LogP contribution in [0, 0.1) is 18.2 Å². The number of hydrogen-bond acceptors (Lipinski definition) is 3. The molecule has 0 saturated carbocycles. The molecule has 10 heteroatoms. The molecular weight excluding hydrogens is 1720 g/mol. The molecule has 21 aromatic rings. The van der Waals surface area contributed by atoms with Gasteiger partial charge in [0.1, 0.15) is 0 Å². The first-order valence-corrected chi connectivity index (χ1v) is 44.2. The van der Waals surface area contributed by atoms with Crippen LogP contribution >= 0.6 is 0 Å². The van der Waals surface area contributed by atoms with Gasteiger partial charge in [-0.3, -0.25) is 15.0 Å². The summed E-state index contributed by atoms with van der Waals surface area (Å²) in [6.07, 6.45) is 0. The van der Waals surface area contributed by atoms with E-state index in [0.717, 1.165) is 101 Å². The van der Waals surface area contributed by atoms with Crippen molar-refractivity contribution >= 4 is 98.5 Å². The van der Waals surface area contributed by atoms with Crippen LogP contribution in [-0.4, -0.2) is 42.4 Å². The monoisotopic (exact) mass is 1830 g/mol. The Morgan fingerprint density at radius 1 is 0.189 bits per heavy atom. The molecule has 0 saturated heterocycles. The summed E-state index contributed by atoms with van der Waals surface area (Å²) in [4.78, 5) is 15.0. The van der Waals surface area contributed by atoms with Gasteiger partial charge in [-0.15, -0.1) is 108 Å². The summed E-state index contributed by atoms with van der Waals surface area (Å²) in [5.74, 6) is 2.68. The van der Waals surface area contributed by atoms with Crippen molar-refractivity contribution in [2.24, 2.45) is 0 Å². The number of fused-ring (bicyclic) bond motifs is 12. The molecule has 0 bridgehead atoms. The fourth-order valence-electron chi connectivity index (χ4n) is 18.0. The van der Waals surface area contributed by atoms with Crippen LogP contribution in [0.15, 0.2) is 328 Å². The maximum Gasteiger partial charge on any atom is 3.00 e. The molecule has 0 fully saturated rings. The fraction of sp³-hybridized carbons (Fsp3) is 0.205. The van der Waals surface area contributed by atoms with Crippen LogP contribution in [0.5, 0.6) is 0 Å². The predicted molar refractivity (Wildman–Crippen MR) is 531 cm³/mol. The molecule has 6 heterocycles. The van der Waals surface area contributed by atoms with Gasteiger partial charge in [-0.25, -0.2) is 0 Å². The Morgan fingerprint density at radius 3 is 0.551 bits per heavy atom. The Bertz CT molecular complexity index is 6750. The molecule has 630 valence electrons. The average Bonchev–Trinajstić information content (AvgIpc) is 1.56. The van der Waals surface area contributed by atoms with Crippen molar-refractivity contribution in [2.75, 3.05) is 0 Å². The number of para-hydroxylation sites is 6. The molecule has 0 aliphatic heterocycles. The molecular formula is C117H108IrN9. The summed E-state index contributed by atoms with van der Waals surface area (Å²) in [7, 11) is 0. The summed E-state index contributed by atoms with van der Waals surface area (Å²) >= 11 is 0. The summed E-state index contributed by atoms with van der Waals surface area (Å²) in [6, 6.07) is 128. The predicted octanol–water partition coefficient (Wildman–Crippen LogP) is 30.6. The van der Waals surface area contributed by atoms with Gasteiger partial charge in [0.2, 0.25) is 0 Å². The fourth-order valence-corrected chi connectivity index (χ4v) is 18.0. The Kier molecular flexibility index (Phi) is 21.5. The molecule has 6 aromatic heterocycles. The van der Waals surface area contributed by atoms with E-state index in [1.54, 1.807) is 0 Å². The van der Waals surface area contributed by atoms with E-state index < -0.39 is 0 Å². The first-order chi connectivity index (χ1) is 60.3. The van der Waals surface area contributed by atoms with Crippen molar-refractivity contribution in [1.29, 1.82) is 0 Å². The van der Waals surface area contributed by atoms with E-state index in [1.165, 1.54) is 98.8 Å². The minimum absolute atomic E-state index is 0. The third-order valence-electron chi connectivity index (χ3n) is 25.1. The molecule has 15 aromatic carbocycles. The van der Waals surface area contributed by atoms with Gasteiger partial charge >= 0.3 is 20.1 Å². The van der Waals surface area contributed by atoms with Crippen LogP contribution in [0.1, 0.15) is 158 Å². The van der Waals surface area contributed by atoms with E-state index in [0.29, 0.717) is 0 Å². The van der Waals surface area contributed by atoms with Crippen LogP contribution in [0.25, 0.3) is 167 Å². The van der Waals surface area contributed by atoms with E-state index in [4.69, 9.17) is 15.0 Å². The normalized spacial score (nSPS) is 12.4. The summed E-state index contributed by atoms with van der Waals surface area (Å²) in [5, 5.41) is 7.81. The molecule has 0 aliphatic rings. The van der Waals surface area contributed by atoms with Crippen molar-refractivity contribution in [2.45, 2.75) is 157 Å². The number of benzene rings is 15. The SMILES string of the molecule is CC(C)(C)c1ccc2c(c1)c1cc(C(C)(C)C)ccc1n2-c1ccc(-n2c(-c3[c-]cccc3)nc3ccccc32)cc1.CC(C)(C)c1ccc2c(c1)c1cc(C(C)(C)C)ccc1n2-c1ccc(-n2c(-c3[c-]cccc3)nc3ccccc32)cc1.CC(C)(C)c1ccc2c(c1)c1cc(C(C)(C)C)ccc1n2-c1ccc(-n2c(-c3[c-]cccc3)nc3ccccc32)cc1.[Ir+3]. The van der Waals surface area contributed by atoms with E-state index >= 15 is 0 Å². The third-order valence-corrected chi connectivity index (χ3v) is 25.1. The van der Waals surface area contributed by atoms with Crippen LogP contribution in [0.3, 0.4) is 0 Å². The van der Waals surface area contributed by atoms with Crippen molar-refractivity contribution in [3.63, 3.8) is 0 Å². The van der Waals surface area contributed by atoms with Gasteiger partial charge in [0, 0.05) is 66.4 Å². The quantitative estimate of drug-likeness (QED) is 0.135. The molecule has 0 spiro atoms. The minimum Gasteiger partial charge on any atom is -0.333 e. The summed E-state index contributed by atoms with van der Waals surface area (Å²) in [5.41, 5.74) is 31.7. The van der Waals surface area contributed by atoms with E-state index in [2.05, 4.69) is 425 Å². The first kappa shape index (κ1) is 84.6. The van der Waals surface area contributed by atoms with Crippen molar-refractivity contribution in [3.8, 4) is 68.3 Å². The maximum absolute atomic E-state index is 5.00. The van der Waals surface area contributed by atoms with Crippen molar-refractivity contribution in [1.82, 2.24) is 42.4 Å². The minimum atomic E-state index is 0. The molecule has 0 N–H and O–H groups in total. The van der Waals surface area contributed by atoms with E-state index in [9.17, 15) is 0 Å². The Balaban J connectivity index is 0.000000128. The first-order valence-electron chi connectivity index (χ1n) is 44.2. The van der Waals surface area contributed by atoms with Crippen LogP contribution in [-0.2, 0) is 52.6 Å². The van der Waals surface area contributed by atoms with Crippen LogP contribution in [0.4, 0.5) is 0 Å². The van der Waals surface area contributed by atoms with Gasteiger partial charge in [-0.2, -0.15) is 0 Å². The van der Waals surface area contributed by atoms with Crippen molar-refractivity contribution < 1.29 is 20.1 Å². The second kappa shape index (κ2) is 32.3. The zero-order valence-corrected chi connectivity index (χ0v) is 78.4. The van der Waals surface area contributed by atoms with Crippen molar-refractivity contribution in [3.05, 3.63) is 379 Å². The van der Waals surface area contributed by atoms with Gasteiger partial charge in [0.05, 0.1) is 83.7 Å². The average molecular weight is 1830 g/mol. The molecule has 127 heavy (non-hydrogen) atoms. The molecule has 0 atom stereocenters. The Morgan fingerprint density at radius 2 is 0.370 bits per heavy atom. The smallest absolute Gasteiger partial charge is 0.333 e. The van der Waals surface area contributed by atoms with Crippen LogP contribution < -0.4 is 0 Å². The zero-order chi connectivity index (χ0) is 87.7. The van der Waals surface area contributed by atoms with Gasteiger partial charge in [0.15, 0.2) is 0 Å². The van der Waals surface area contributed by atoms with Crippen LogP contribution in [0.2, 0.25) is 0 Å². The van der Waals surface area contributed by atoms with E-state index in [1.807, 2.05) is 72.8 Å². The summed E-state index contributed by atoms with van der Waals surface area (Å²) in [6.45, 7) is 41.1. The second-order valence-corrected chi connectivity index (χ2v) is 40.1. The number of imidazole rings is 3. The van der Waals surface area contributed by atoms with Gasteiger partial charge in [-0.1, -0.05) is 197 Å². The molecule has 21 rings (SSSR count). The number of rotatable bonds is 9. The number of hydrogen-bond donors (Lipinski definition) is 0. The van der Waals surface area contributed by atoms with Gasteiger partial charge < -0.3 is 27.4 Å². The molecule has 0 aliphatic carbocycles. The zero-order valence-electron chi connectivity index (χ0n) is 76.0. The number of nitrogens with zero attached hydrogens (tertiary/aromatic N) is 9. The van der Waals surface area contributed by atoms with Gasteiger partial charge in [0.25, 0.3) is 0 Å². The van der Waals surface area contributed by atoms with Gasteiger partial charge in [-0.05, 0) is 248 Å². The molecule has 9 nitrogen and oxygen atoms in total. The van der Waals surface area contributed by atoms with E-state index in [-0.39, 0.29) is 52.6 Å².